The predicted octanol–water partition coefficient (Wildman–Crippen LogP) is 6.49. The number of nitrogens with one attached hydrogen (secondary N) is 1. The molecule has 0 saturated carbocycles. The molecule has 0 spiro atoms. The van der Waals surface area contributed by atoms with Crippen LogP contribution in [0.2, 0.25) is 0 Å². The molecule has 1 aromatic heterocycles. The molecule has 5 aromatic rings. The van der Waals surface area contributed by atoms with Crippen LogP contribution in [-0.2, 0) is 6.54 Å². The van der Waals surface area contributed by atoms with Crippen LogP contribution in [-0.4, -0.2) is 16.0 Å². The lowest BCUT2D eigenvalue weighted by molar-refractivity contribution is 0.0944. The Kier molecular flexibility index (Phi) is 6.81. The number of carbonyl (C=O) groups is 1. The standard InChI is InChI=1S/C31H25FN2O3/c1-20-26(31(36)34-19-21-14-16-24(32)17-15-21)30(27-25(28(20)35)13-8-18-33-27)37-29(22-9-4-2-5-10-22)23-11-6-3-7-12-23/h2-18,29,35H,19H2,1H3,(H,34,36). The summed E-state index contributed by atoms with van der Waals surface area (Å²) in [5, 5.41) is 14.4. The molecule has 1 amide bonds. The third-order valence-corrected chi connectivity index (χ3v) is 6.27. The fourth-order valence-corrected chi connectivity index (χ4v) is 4.35. The van der Waals surface area contributed by atoms with Crippen LogP contribution in [0, 0.1) is 12.7 Å². The minimum Gasteiger partial charge on any atom is -0.507 e. The van der Waals surface area contributed by atoms with Crippen LogP contribution >= 0.6 is 0 Å². The van der Waals surface area contributed by atoms with Gasteiger partial charge in [-0.25, -0.2) is 4.39 Å². The van der Waals surface area contributed by atoms with Gasteiger partial charge in [0.1, 0.15) is 23.2 Å². The molecule has 0 fully saturated rings. The van der Waals surface area contributed by atoms with E-state index in [9.17, 15) is 14.3 Å². The highest BCUT2D eigenvalue weighted by Crippen LogP contribution is 2.41. The Balaban J connectivity index is 1.62. The number of hydrogen-bond acceptors (Lipinski definition) is 4. The molecule has 2 N–H and O–H groups in total. The number of aromatic nitrogens is 1. The summed E-state index contributed by atoms with van der Waals surface area (Å²) in [6, 6.07) is 28.9. The number of nitrogens with zero attached hydrogens (tertiary/aromatic N) is 1. The molecule has 4 aromatic carbocycles. The van der Waals surface area contributed by atoms with E-state index in [0.29, 0.717) is 16.5 Å². The van der Waals surface area contributed by atoms with Gasteiger partial charge in [-0.2, -0.15) is 0 Å². The number of rotatable bonds is 7. The fraction of sp³-hybridized carbons (Fsp3) is 0.0968. The average molecular weight is 493 g/mol. The normalized spacial score (nSPS) is 11.0. The molecule has 0 aliphatic carbocycles. The molecule has 1 heterocycles. The second-order valence-electron chi connectivity index (χ2n) is 8.71. The maximum atomic E-state index is 13.6. The molecule has 0 aliphatic rings. The number of benzene rings is 4. The van der Waals surface area contributed by atoms with E-state index in [1.165, 1.54) is 12.1 Å². The lowest BCUT2D eigenvalue weighted by atomic mass is 9.98. The van der Waals surface area contributed by atoms with Crippen molar-refractivity contribution >= 4 is 16.8 Å². The Bertz CT molecular complexity index is 1500. The number of aromatic hydroxyl groups is 1. The molecule has 0 radical (unpaired) electrons. The molecule has 0 unspecified atom stereocenters. The third kappa shape index (κ3) is 5.00. The first-order valence-electron chi connectivity index (χ1n) is 11.9. The topological polar surface area (TPSA) is 71.5 Å². The number of phenolic OH excluding ortho intramolecular Hbond substituents is 1. The first-order valence-corrected chi connectivity index (χ1v) is 11.9. The van der Waals surface area contributed by atoms with Gasteiger partial charge in [0.05, 0.1) is 5.56 Å². The van der Waals surface area contributed by atoms with E-state index in [1.807, 2.05) is 60.7 Å². The van der Waals surface area contributed by atoms with Crippen LogP contribution in [0.5, 0.6) is 11.5 Å². The zero-order valence-electron chi connectivity index (χ0n) is 20.2. The van der Waals surface area contributed by atoms with Crippen molar-refractivity contribution in [3.63, 3.8) is 0 Å². The molecule has 37 heavy (non-hydrogen) atoms. The van der Waals surface area contributed by atoms with E-state index in [1.54, 1.807) is 37.4 Å². The number of hydrogen-bond donors (Lipinski definition) is 2. The number of halogens is 1. The third-order valence-electron chi connectivity index (χ3n) is 6.27. The molecular weight excluding hydrogens is 467 g/mol. The van der Waals surface area contributed by atoms with Crippen molar-refractivity contribution in [3.05, 3.63) is 137 Å². The van der Waals surface area contributed by atoms with Crippen molar-refractivity contribution in [1.29, 1.82) is 0 Å². The van der Waals surface area contributed by atoms with Gasteiger partial charge in [0.2, 0.25) is 0 Å². The highest BCUT2D eigenvalue weighted by Gasteiger charge is 2.27. The molecule has 0 atom stereocenters. The Hall–Kier alpha value is -4.71. The summed E-state index contributed by atoms with van der Waals surface area (Å²) in [6.07, 6.45) is 1.07. The van der Waals surface area contributed by atoms with Crippen LogP contribution in [0.3, 0.4) is 0 Å². The summed E-state index contributed by atoms with van der Waals surface area (Å²) in [7, 11) is 0. The summed E-state index contributed by atoms with van der Waals surface area (Å²) in [4.78, 5) is 18.1. The summed E-state index contributed by atoms with van der Waals surface area (Å²) < 4.78 is 20.0. The maximum Gasteiger partial charge on any atom is 0.255 e. The molecule has 184 valence electrons. The van der Waals surface area contributed by atoms with Gasteiger partial charge in [-0.3, -0.25) is 9.78 Å². The fourth-order valence-electron chi connectivity index (χ4n) is 4.35. The summed E-state index contributed by atoms with van der Waals surface area (Å²) >= 11 is 0. The van der Waals surface area contributed by atoms with Crippen molar-refractivity contribution in [2.24, 2.45) is 0 Å². The molecule has 0 aliphatic heterocycles. The second kappa shape index (κ2) is 10.5. The van der Waals surface area contributed by atoms with Crippen molar-refractivity contribution in [2.75, 3.05) is 0 Å². The summed E-state index contributed by atoms with van der Waals surface area (Å²) in [6.45, 7) is 1.86. The lowest BCUT2D eigenvalue weighted by Gasteiger charge is -2.24. The summed E-state index contributed by atoms with van der Waals surface area (Å²) in [5.74, 6) is -0.530. The number of carbonyl (C=O) groups excluding carboxylic acids is 1. The second-order valence-corrected chi connectivity index (χ2v) is 8.71. The Morgan fingerprint density at radius 3 is 2.16 bits per heavy atom. The molecule has 0 saturated heterocycles. The van der Waals surface area contributed by atoms with Gasteiger partial charge in [0.15, 0.2) is 5.75 Å². The van der Waals surface area contributed by atoms with Gasteiger partial charge in [-0.1, -0.05) is 72.8 Å². The van der Waals surface area contributed by atoms with E-state index in [4.69, 9.17) is 4.74 Å². The number of phenols is 1. The van der Waals surface area contributed by atoms with Crippen LogP contribution in [0.1, 0.15) is 38.7 Å². The van der Waals surface area contributed by atoms with Crippen molar-refractivity contribution in [1.82, 2.24) is 10.3 Å². The van der Waals surface area contributed by atoms with Crippen molar-refractivity contribution in [2.45, 2.75) is 19.6 Å². The molecule has 5 nitrogen and oxygen atoms in total. The highest BCUT2D eigenvalue weighted by molar-refractivity contribution is 6.06. The van der Waals surface area contributed by atoms with E-state index in [0.717, 1.165) is 16.7 Å². The zero-order valence-corrected chi connectivity index (χ0v) is 20.2. The summed E-state index contributed by atoms with van der Waals surface area (Å²) in [5.41, 5.74) is 3.51. The quantitative estimate of drug-likeness (QED) is 0.273. The van der Waals surface area contributed by atoms with Gasteiger partial charge in [0.25, 0.3) is 5.91 Å². The SMILES string of the molecule is Cc1c(C(=O)NCc2ccc(F)cc2)c(OC(c2ccccc2)c2ccccc2)c2ncccc2c1O. The first kappa shape index (κ1) is 24.0. The molecular formula is C31H25FN2O3. The highest BCUT2D eigenvalue weighted by atomic mass is 19.1. The Labute approximate surface area is 214 Å². The zero-order chi connectivity index (χ0) is 25.8. The van der Waals surface area contributed by atoms with E-state index < -0.39 is 12.0 Å². The van der Waals surface area contributed by atoms with Crippen molar-refractivity contribution in [3.8, 4) is 11.5 Å². The average Bonchev–Trinajstić information content (AvgIpc) is 2.94. The Morgan fingerprint density at radius 1 is 0.919 bits per heavy atom. The molecule has 5 rings (SSSR count). The molecule has 0 bridgehead atoms. The number of amides is 1. The minimum absolute atomic E-state index is 0.0293. The van der Waals surface area contributed by atoms with Crippen molar-refractivity contribution < 1.29 is 19.0 Å². The Morgan fingerprint density at radius 2 is 1.54 bits per heavy atom. The minimum atomic E-state index is -0.528. The number of pyridine rings is 1. The van der Waals surface area contributed by atoms with Gasteiger partial charge < -0.3 is 15.2 Å². The van der Waals surface area contributed by atoms with Gasteiger partial charge in [0, 0.05) is 23.7 Å². The van der Waals surface area contributed by atoms with Crippen LogP contribution in [0.4, 0.5) is 4.39 Å². The van der Waals surface area contributed by atoms with Crippen LogP contribution < -0.4 is 10.1 Å². The lowest BCUT2D eigenvalue weighted by Crippen LogP contribution is -2.25. The van der Waals surface area contributed by atoms with Crippen LogP contribution in [0.25, 0.3) is 10.9 Å². The smallest absolute Gasteiger partial charge is 0.255 e. The number of ether oxygens (including phenoxy) is 1. The predicted molar refractivity (Wildman–Crippen MR) is 141 cm³/mol. The largest absolute Gasteiger partial charge is 0.507 e. The van der Waals surface area contributed by atoms with Crippen LogP contribution in [0.15, 0.2) is 103 Å². The van der Waals surface area contributed by atoms with E-state index >= 15 is 0 Å². The van der Waals surface area contributed by atoms with Gasteiger partial charge in [-0.05, 0) is 47.9 Å². The monoisotopic (exact) mass is 492 g/mol. The van der Waals surface area contributed by atoms with E-state index in [-0.39, 0.29) is 29.4 Å². The van der Waals surface area contributed by atoms with E-state index in [2.05, 4.69) is 10.3 Å². The first-order chi connectivity index (χ1) is 18.0. The van der Waals surface area contributed by atoms with Gasteiger partial charge >= 0.3 is 0 Å². The number of fused-ring (bicyclic) bond motifs is 1. The van der Waals surface area contributed by atoms with Gasteiger partial charge in [-0.15, -0.1) is 0 Å². The molecule has 6 heteroatoms. The maximum absolute atomic E-state index is 13.6.